The third-order valence-corrected chi connectivity index (χ3v) is 5.22. The van der Waals surface area contributed by atoms with Crippen molar-refractivity contribution in [2.75, 3.05) is 41.8 Å². The van der Waals surface area contributed by atoms with Crippen molar-refractivity contribution in [1.82, 2.24) is 5.32 Å². The molecule has 0 unspecified atom stereocenters. The van der Waals surface area contributed by atoms with Gasteiger partial charge in [-0.25, -0.2) is 0 Å². The molecule has 20 heavy (non-hydrogen) atoms. The second-order valence-electron chi connectivity index (χ2n) is 4.35. The molecular formula is C12H18N4O2S2. The van der Waals surface area contributed by atoms with E-state index in [0.29, 0.717) is 11.4 Å². The molecule has 0 bridgehead atoms. The molecule has 0 radical (unpaired) electrons. The molecule has 0 atom stereocenters. The number of carbonyl (C=O) groups excluding carboxylic acids is 2. The molecule has 1 aromatic rings. The Morgan fingerprint density at radius 2 is 2.00 bits per heavy atom. The van der Waals surface area contributed by atoms with Crippen LogP contribution in [0.1, 0.15) is 27.0 Å². The number of carbonyl (C=O) groups is 2. The summed E-state index contributed by atoms with van der Waals surface area (Å²) < 4.78 is 0. The molecule has 0 spiro atoms. The third-order valence-electron chi connectivity index (χ3n) is 3.01. The molecule has 110 valence electrons. The fourth-order valence-electron chi connectivity index (χ4n) is 2.07. The second kappa shape index (κ2) is 6.36. The molecule has 2 rings (SSSR count). The van der Waals surface area contributed by atoms with Crippen LogP contribution in [0.3, 0.4) is 0 Å². The van der Waals surface area contributed by atoms with Gasteiger partial charge < -0.3 is 21.7 Å². The zero-order chi connectivity index (χ0) is 14.7. The number of nitrogens with one attached hydrogen (secondary N) is 1. The van der Waals surface area contributed by atoms with E-state index < -0.39 is 5.91 Å². The molecule has 0 aliphatic carbocycles. The van der Waals surface area contributed by atoms with Gasteiger partial charge in [-0.1, -0.05) is 0 Å². The predicted octanol–water partition coefficient (Wildman–Crippen LogP) is 0.732. The highest BCUT2D eigenvalue weighted by atomic mass is 32.2. The van der Waals surface area contributed by atoms with Gasteiger partial charge in [0, 0.05) is 31.1 Å². The van der Waals surface area contributed by atoms with Gasteiger partial charge in [0.15, 0.2) is 0 Å². The lowest BCUT2D eigenvalue weighted by Crippen LogP contribution is -2.33. The molecule has 1 fully saturated rings. The molecule has 1 aliphatic heterocycles. The fraction of sp³-hybridized carbons (Fsp3) is 0.500. The van der Waals surface area contributed by atoms with Gasteiger partial charge >= 0.3 is 0 Å². The number of nitrogen functional groups attached to an aromatic ring is 1. The number of hydrogen-bond donors (Lipinski definition) is 3. The standard InChI is InChI=1S/C12H18N4O2S2/c1-2-15-11(18)9-8(13)7(10(14)17)12(20-9)16-3-5-19-6-4-16/h2-6,13H2,1H3,(H2,14,17)(H,15,18). The number of nitrogens with two attached hydrogens (primary N) is 2. The maximum absolute atomic E-state index is 12.0. The Bertz CT molecular complexity index is 524. The summed E-state index contributed by atoms with van der Waals surface area (Å²) in [7, 11) is 0. The van der Waals surface area contributed by atoms with Gasteiger partial charge in [0.2, 0.25) is 0 Å². The summed E-state index contributed by atoms with van der Waals surface area (Å²) in [6.45, 7) is 4.01. The van der Waals surface area contributed by atoms with Crippen molar-refractivity contribution < 1.29 is 9.59 Å². The Morgan fingerprint density at radius 3 is 2.55 bits per heavy atom. The van der Waals surface area contributed by atoms with Crippen LogP contribution >= 0.6 is 23.1 Å². The van der Waals surface area contributed by atoms with Crippen molar-refractivity contribution in [3.8, 4) is 0 Å². The van der Waals surface area contributed by atoms with Gasteiger partial charge in [0.25, 0.3) is 11.8 Å². The number of primary amides is 1. The zero-order valence-electron chi connectivity index (χ0n) is 11.3. The topological polar surface area (TPSA) is 101 Å². The van der Waals surface area contributed by atoms with E-state index in [2.05, 4.69) is 10.2 Å². The number of hydrogen-bond acceptors (Lipinski definition) is 6. The molecule has 0 aromatic carbocycles. The summed E-state index contributed by atoms with van der Waals surface area (Å²) in [5, 5.41) is 3.42. The molecule has 1 saturated heterocycles. The summed E-state index contributed by atoms with van der Waals surface area (Å²) in [4.78, 5) is 26.1. The van der Waals surface area contributed by atoms with Gasteiger partial charge in [0.05, 0.1) is 11.3 Å². The molecular weight excluding hydrogens is 296 g/mol. The molecule has 2 heterocycles. The average Bonchev–Trinajstić information content (AvgIpc) is 2.78. The summed E-state index contributed by atoms with van der Waals surface area (Å²) in [6.07, 6.45) is 0. The number of thiophene rings is 1. The largest absolute Gasteiger partial charge is 0.397 e. The Hall–Kier alpha value is -1.41. The number of thioether (sulfide) groups is 1. The van der Waals surface area contributed by atoms with E-state index in [-0.39, 0.29) is 17.2 Å². The van der Waals surface area contributed by atoms with E-state index in [1.807, 2.05) is 18.7 Å². The lowest BCUT2D eigenvalue weighted by molar-refractivity contribution is 0.0960. The monoisotopic (exact) mass is 314 g/mol. The van der Waals surface area contributed by atoms with E-state index in [1.54, 1.807) is 0 Å². The maximum atomic E-state index is 12.0. The Morgan fingerprint density at radius 1 is 1.35 bits per heavy atom. The van der Waals surface area contributed by atoms with Crippen molar-refractivity contribution in [1.29, 1.82) is 0 Å². The van der Waals surface area contributed by atoms with Crippen LogP contribution in [0.15, 0.2) is 0 Å². The highest BCUT2D eigenvalue weighted by molar-refractivity contribution is 7.99. The van der Waals surface area contributed by atoms with Crippen LogP contribution in [-0.4, -0.2) is 43.0 Å². The molecule has 6 nitrogen and oxygen atoms in total. The normalized spacial score (nSPS) is 15.2. The van der Waals surface area contributed by atoms with Gasteiger partial charge in [-0.3, -0.25) is 9.59 Å². The highest BCUT2D eigenvalue weighted by Crippen LogP contribution is 2.38. The van der Waals surface area contributed by atoms with Crippen LogP contribution in [0.4, 0.5) is 10.7 Å². The first-order chi connectivity index (χ1) is 9.56. The molecule has 0 saturated carbocycles. The van der Waals surface area contributed by atoms with Crippen molar-refractivity contribution >= 4 is 45.6 Å². The lowest BCUT2D eigenvalue weighted by atomic mass is 10.2. The second-order valence-corrected chi connectivity index (χ2v) is 6.57. The van der Waals surface area contributed by atoms with E-state index in [4.69, 9.17) is 11.5 Å². The fourth-order valence-corrected chi connectivity index (χ4v) is 4.17. The van der Waals surface area contributed by atoms with Crippen LogP contribution in [0.5, 0.6) is 0 Å². The minimum absolute atomic E-state index is 0.196. The van der Waals surface area contributed by atoms with Crippen molar-refractivity contribution in [2.45, 2.75) is 6.92 Å². The first-order valence-corrected chi connectivity index (χ1v) is 8.36. The first-order valence-electron chi connectivity index (χ1n) is 6.39. The van der Waals surface area contributed by atoms with Crippen LogP contribution < -0.4 is 21.7 Å². The van der Waals surface area contributed by atoms with Gasteiger partial charge in [0.1, 0.15) is 9.88 Å². The molecule has 5 N–H and O–H groups in total. The Balaban J connectivity index is 2.41. The minimum atomic E-state index is -0.581. The van der Waals surface area contributed by atoms with Crippen LogP contribution in [-0.2, 0) is 0 Å². The van der Waals surface area contributed by atoms with Crippen molar-refractivity contribution in [3.05, 3.63) is 10.4 Å². The van der Waals surface area contributed by atoms with E-state index >= 15 is 0 Å². The summed E-state index contributed by atoms with van der Waals surface area (Å²) in [5.41, 5.74) is 11.9. The van der Waals surface area contributed by atoms with Crippen LogP contribution in [0.25, 0.3) is 0 Å². The summed E-state index contributed by atoms with van der Waals surface area (Å²) >= 11 is 3.12. The van der Waals surface area contributed by atoms with E-state index in [1.165, 1.54) is 11.3 Å². The minimum Gasteiger partial charge on any atom is -0.397 e. The number of anilines is 2. The van der Waals surface area contributed by atoms with E-state index in [0.717, 1.165) is 29.6 Å². The molecule has 1 aliphatic rings. The Labute approximate surface area is 125 Å². The molecule has 2 amide bonds. The lowest BCUT2D eigenvalue weighted by Gasteiger charge is -2.27. The van der Waals surface area contributed by atoms with Gasteiger partial charge in [-0.05, 0) is 6.92 Å². The average molecular weight is 314 g/mol. The highest BCUT2D eigenvalue weighted by Gasteiger charge is 2.27. The quantitative estimate of drug-likeness (QED) is 0.760. The predicted molar refractivity (Wildman–Crippen MR) is 84.8 cm³/mol. The molecule has 8 heteroatoms. The zero-order valence-corrected chi connectivity index (χ0v) is 12.9. The van der Waals surface area contributed by atoms with Crippen molar-refractivity contribution in [2.24, 2.45) is 5.73 Å². The van der Waals surface area contributed by atoms with E-state index in [9.17, 15) is 9.59 Å². The van der Waals surface area contributed by atoms with Crippen LogP contribution in [0.2, 0.25) is 0 Å². The van der Waals surface area contributed by atoms with Crippen LogP contribution in [0, 0.1) is 0 Å². The van der Waals surface area contributed by atoms with Gasteiger partial charge in [-0.15, -0.1) is 11.3 Å². The number of rotatable bonds is 4. The maximum Gasteiger partial charge on any atom is 0.263 e. The summed E-state index contributed by atoms with van der Waals surface area (Å²) in [5.74, 6) is 1.15. The number of nitrogens with zero attached hydrogens (tertiary/aromatic N) is 1. The smallest absolute Gasteiger partial charge is 0.263 e. The SMILES string of the molecule is CCNC(=O)c1sc(N2CCSCC2)c(C(N)=O)c1N. The number of amides is 2. The van der Waals surface area contributed by atoms with Crippen molar-refractivity contribution in [3.63, 3.8) is 0 Å². The third kappa shape index (κ3) is 2.85. The first kappa shape index (κ1) is 15.0. The van der Waals surface area contributed by atoms with Gasteiger partial charge in [-0.2, -0.15) is 11.8 Å². The summed E-state index contributed by atoms with van der Waals surface area (Å²) in [6, 6.07) is 0. The molecule has 1 aromatic heterocycles. The Kier molecular flexibility index (Phi) is 4.77.